The molecule has 2 aromatic heterocycles. The minimum absolute atomic E-state index is 0.201. The molecule has 0 amide bonds. The molecular formula is C21H28N6O3. The van der Waals surface area contributed by atoms with Crippen LogP contribution in [0.4, 0.5) is 11.8 Å². The lowest BCUT2D eigenvalue weighted by molar-refractivity contribution is 0.00695. The number of unbranched alkanes of at least 4 members (excludes halogenated alkanes) is 1. The van der Waals surface area contributed by atoms with Crippen LogP contribution in [-0.4, -0.2) is 42.7 Å². The molecule has 9 nitrogen and oxygen atoms in total. The summed E-state index contributed by atoms with van der Waals surface area (Å²) in [6, 6.07) is 6.79. The standard InChI is InChI=1S/C21H28N6O3/c1-5-6-11-23-19-25-16(22)15-17(26-19)27(20(29)24-15)12-13-7-9-14(10-8-13)18(28)30-21(2,3)4/h7-10H,5-6,11-12H2,1-4H3,(H,24,29)(H3,22,23,25,26). The SMILES string of the molecule is CCCCNc1nc(N)c2nc(O)n(Cc3ccc(C(=O)OC(C)(C)C)cc3)c2n1. The van der Waals surface area contributed by atoms with E-state index < -0.39 is 5.60 Å². The van der Waals surface area contributed by atoms with Gasteiger partial charge in [0, 0.05) is 6.54 Å². The molecule has 0 saturated heterocycles. The summed E-state index contributed by atoms with van der Waals surface area (Å²) in [5, 5.41) is 13.5. The minimum Gasteiger partial charge on any atom is -0.480 e. The number of aromatic nitrogens is 4. The summed E-state index contributed by atoms with van der Waals surface area (Å²) < 4.78 is 6.94. The highest BCUT2D eigenvalue weighted by atomic mass is 16.6. The maximum Gasteiger partial charge on any atom is 0.338 e. The Balaban J connectivity index is 1.84. The van der Waals surface area contributed by atoms with Crippen LogP contribution in [0.3, 0.4) is 0 Å². The number of nitrogen functional groups attached to an aromatic ring is 1. The van der Waals surface area contributed by atoms with E-state index >= 15 is 0 Å². The summed E-state index contributed by atoms with van der Waals surface area (Å²) in [6.45, 7) is 8.61. The molecule has 4 N–H and O–H groups in total. The summed E-state index contributed by atoms with van der Waals surface area (Å²) in [6.07, 6.45) is 2.03. The van der Waals surface area contributed by atoms with E-state index in [2.05, 4.69) is 27.2 Å². The fourth-order valence-electron chi connectivity index (χ4n) is 2.88. The van der Waals surface area contributed by atoms with Crippen LogP contribution in [0.25, 0.3) is 11.2 Å². The van der Waals surface area contributed by atoms with Crippen LogP contribution in [0, 0.1) is 0 Å². The third-order valence-electron chi connectivity index (χ3n) is 4.34. The number of hydrogen-bond donors (Lipinski definition) is 3. The molecule has 3 rings (SSSR count). The zero-order valence-corrected chi connectivity index (χ0v) is 17.8. The van der Waals surface area contributed by atoms with Crippen molar-refractivity contribution in [1.29, 1.82) is 0 Å². The number of benzene rings is 1. The molecule has 0 aliphatic rings. The summed E-state index contributed by atoms with van der Waals surface area (Å²) in [5.41, 5.74) is 7.56. The summed E-state index contributed by atoms with van der Waals surface area (Å²) >= 11 is 0. The smallest absolute Gasteiger partial charge is 0.338 e. The van der Waals surface area contributed by atoms with Crippen molar-refractivity contribution in [2.24, 2.45) is 0 Å². The molecule has 9 heteroatoms. The third-order valence-corrected chi connectivity index (χ3v) is 4.34. The normalized spacial score (nSPS) is 11.6. The lowest BCUT2D eigenvalue weighted by atomic mass is 10.1. The number of ether oxygens (including phenoxy) is 1. The molecule has 0 aliphatic heterocycles. The summed E-state index contributed by atoms with van der Waals surface area (Å²) in [7, 11) is 0. The number of carbonyl (C=O) groups excluding carboxylic acids is 1. The zero-order valence-electron chi connectivity index (χ0n) is 17.8. The average molecular weight is 412 g/mol. The fourth-order valence-corrected chi connectivity index (χ4v) is 2.88. The van der Waals surface area contributed by atoms with Crippen molar-refractivity contribution in [3.05, 3.63) is 35.4 Å². The molecule has 0 spiro atoms. The molecule has 0 fully saturated rings. The Morgan fingerprint density at radius 2 is 1.90 bits per heavy atom. The Morgan fingerprint density at radius 1 is 1.20 bits per heavy atom. The molecule has 160 valence electrons. The lowest BCUT2D eigenvalue weighted by Gasteiger charge is -2.19. The summed E-state index contributed by atoms with van der Waals surface area (Å²) in [4.78, 5) is 25.0. The minimum atomic E-state index is -0.556. The predicted octanol–water partition coefficient (Wildman–Crippen LogP) is 3.33. The number of carbonyl (C=O) groups is 1. The van der Waals surface area contributed by atoms with Gasteiger partial charge in [0.15, 0.2) is 17.0 Å². The highest BCUT2D eigenvalue weighted by Crippen LogP contribution is 2.25. The van der Waals surface area contributed by atoms with Gasteiger partial charge in [0.05, 0.1) is 12.1 Å². The Labute approximate surface area is 175 Å². The van der Waals surface area contributed by atoms with Crippen LogP contribution in [0.15, 0.2) is 24.3 Å². The Bertz CT molecular complexity index is 1040. The molecule has 0 aliphatic carbocycles. The molecular weight excluding hydrogens is 384 g/mol. The predicted molar refractivity (Wildman–Crippen MR) is 116 cm³/mol. The second-order valence-electron chi connectivity index (χ2n) is 8.08. The Hall–Kier alpha value is -3.36. The molecule has 0 saturated carbocycles. The van der Waals surface area contributed by atoms with Gasteiger partial charge < -0.3 is 20.9 Å². The van der Waals surface area contributed by atoms with Crippen molar-refractivity contribution in [2.75, 3.05) is 17.6 Å². The average Bonchev–Trinajstić information content (AvgIpc) is 2.98. The van der Waals surface area contributed by atoms with Crippen LogP contribution in [0.1, 0.15) is 56.5 Å². The number of rotatable bonds is 7. The quantitative estimate of drug-likeness (QED) is 0.398. The van der Waals surface area contributed by atoms with Crippen molar-refractivity contribution < 1.29 is 14.6 Å². The lowest BCUT2D eigenvalue weighted by Crippen LogP contribution is -2.23. The zero-order chi connectivity index (χ0) is 21.9. The number of hydrogen-bond acceptors (Lipinski definition) is 8. The highest BCUT2D eigenvalue weighted by molar-refractivity contribution is 5.89. The van der Waals surface area contributed by atoms with Gasteiger partial charge in [-0.05, 0) is 44.9 Å². The van der Waals surface area contributed by atoms with Gasteiger partial charge in [0.1, 0.15) is 5.60 Å². The first-order chi connectivity index (χ1) is 14.2. The van der Waals surface area contributed by atoms with Crippen molar-refractivity contribution >= 4 is 28.9 Å². The highest BCUT2D eigenvalue weighted by Gasteiger charge is 2.19. The van der Waals surface area contributed by atoms with Crippen molar-refractivity contribution in [1.82, 2.24) is 19.5 Å². The van der Waals surface area contributed by atoms with Crippen LogP contribution < -0.4 is 11.1 Å². The van der Waals surface area contributed by atoms with Crippen LogP contribution in [0.5, 0.6) is 6.01 Å². The molecule has 30 heavy (non-hydrogen) atoms. The Kier molecular flexibility index (Phi) is 6.09. The molecule has 0 atom stereocenters. The first kappa shape index (κ1) is 21.4. The largest absolute Gasteiger partial charge is 0.480 e. The third kappa shape index (κ3) is 4.97. The number of nitrogens with two attached hydrogens (primary N) is 1. The van der Waals surface area contributed by atoms with Gasteiger partial charge in [-0.1, -0.05) is 25.5 Å². The van der Waals surface area contributed by atoms with Gasteiger partial charge in [-0.15, -0.1) is 0 Å². The van der Waals surface area contributed by atoms with Crippen LogP contribution >= 0.6 is 0 Å². The molecule has 0 radical (unpaired) electrons. The number of nitrogens with zero attached hydrogens (tertiary/aromatic N) is 4. The number of esters is 1. The number of nitrogens with one attached hydrogen (secondary N) is 1. The van der Waals surface area contributed by atoms with Crippen LogP contribution in [-0.2, 0) is 11.3 Å². The fraction of sp³-hybridized carbons (Fsp3) is 0.429. The molecule has 2 heterocycles. The van der Waals surface area contributed by atoms with E-state index in [-0.39, 0.29) is 17.8 Å². The van der Waals surface area contributed by atoms with E-state index in [1.54, 1.807) is 28.8 Å². The van der Waals surface area contributed by atoms with Gasteiger partial charge in [0.25, 0.3) is 6.01 Å². The number of fused-ring (bicyclic) bond motifs is 1. The monoisotopic (exact) mass is 412 g/mol. The van der Waals surface area contributed by atoms with Gasteiger partial charge in [-0.3, -0.25) is 4.57 Å². The van der Waals surface area contributed by atoms with E-state index in [1.807, 2.05) is 20.8 Å². The van der Waals surface area contributed by atoms with Crippen molar-refractivity contribution in [2.45, 2.75) is 52.7 Å². The molecule has 0 bridgehead atoms. The van der Waals surface area contributed by atoms with E-state index in [1.165, 1.54) is 0 Å². The van der Waals surface area contributed by atoms with E-state index in [0.29, 0.717) is 29.2 Å². The topological polar surface area (TPSA) is 128 Å². The van der Waals surface area contributed by atoms with Gasteiger partial charge >= 0.3 is 5.97 Å². The number of anilines is 2. The first-order valence-corrected chi connectivity index (χ1v) is 9.97. The number of aromatic hydroxyl groups is 1. The number of imidazole rings is 1. The van der Waals surface area contributed by atoms with E-state index in [0.717, 1.165) is 24.9 Å². The Morgan fingerprint density at radius 3 is 2.53 bits per heavy atom. The van der Waals surface area contributed by atoms with E-state index in [9.17, 15) is 9.90 Å². The molecule has 0 unspecified atom stereocenters. The molecule has 1 aromatic carbocycles. The first-order valence-electron chi connectivity index (χ1n) is 9.97. The summed E-state index contributed by atoms with van der Waals surface area (Å²) in [5.74, 6) is 0.219. The van der Waals surface area contributed by atoms with E-state index in [4.69, 9.17) is 10.5 Å². The second-order valence-corrected chi connectivity index (χ2v) is 8.08. The van der Waals surface area contributed by atoms with Crippen molar-refractivity contribution in [3.63, 3.8) is 0 Å². The maximum atomic E-state index is 12.2. The maximum absolute atomic E-state index is 12.2. The second kappa shape index (κ2) is 8.56. The molecule has 3 aromatic rings. The van der Waals surface area contributed by atoms with Gasteiger partial charge in [-0.2, -0.15) is 15.0 Å². The van der Waals surface area contributed by atoms with Crippen LogP contribution in [0.2, 0.25) is 0 Å². The van der Waals surface area contributed by atoms with Crippen molar-refractivity contribution in [3.8, 4) is 6.01 Å². The van der Waals surface area contributed by atoms with Gasteiger partial charge in [0.2, 0.25) is 5.95 Å². The van der Waals surface area contributed by atoms with Gasteiger partial charge in [-0.25, -0.2) is 4.79 Å².